The molecule has 0 aromatic heterocycles. The molecule has 2 rings (SSSR count). The van der Waals surface area contributed by atoms with Crippen LogP contribution in [0.15, 0.2) is 0 Å². The first-order valence-electron chi connectivity index (χ1n) is 7.25. The van der Waals surface area contributed by atoms with Crippen LogP contribution in [0, 0.1) is 5.92 Å². The molecule has 2 atom stereocenters. The molecule has 2 saturated carbocycles. The number of hydrogen-bond acceptors (Lipinski definition) is 2. The molecule has 1 nitrogen and oxygen atoms in total. The average molecular weight is 241 g/mol. The third-order valence-corrected chi connectivity index (χ3v) is 5.68. The molecule has 16 heavy (non-hydrogen) atoms. The van der Waals surface area contributed by atoms with Crippen LogP contribution in [-0.4, -0.2) is 23.6 Å². The third kappa shape index (κ3) is 3.66. The van der Waals surface area contributed by atoms with Crippen LogP contribution < -0.4 is 5.32 Å². The normalized spacial score (nSPS) is 31.3. The highest BCUT2D eigenvalue weighted by atomic mass is 32.2. The van der Waals surface area contributed by atoms with Gasteiger partial charge in [0.05, 0.1) is 0 Å². The molecule has 0 spiro atoms. The molecule has 0 bridgehead atoms. The number of rotatable bonds is 6. The van der Waals surface area contributed by atoms with Gasteiger partial charge in [-0.05, 0) is 50.3 Å². The Morgan fingerprint density at radius 2 is 1.88 bits per heavy atom. The van der Waals surface area contributed by atoms with Crippen molar-refractivity contribution in [3.8, 4) is 0 Å². The Morgan fingerprint density at radius 1 is 1.06 bits per heavy atom. The number of hydrogen-bond donors (Lipinski definition) is 1. The van der Waals surface area contributed by atoms with Crippen LogP contribution in [0.25, 0.3) is 0 Å². The van der Waals surface area contributed by atoms with Crippen molar-refractivity contribution in [2.75, 3.05) is 12.3 Å². The highest BCUT2D eigenvalue weighted by Crippen LogP contribution is 2.33. The van der Waals surface area contributed by atoms with Crippen LogP contribution in [0.2, 0.25) is 0 Å². The number of thioether (sulfide) groups is 1. The molecule has 2 fully saturated rings. The molecule has 2 unspecified atom stereocenters. The van der Waals surface area contributed by atoms with Crippen LogP contribution in [0.3, 0.4) is 0 Å². The summed E-state index contributed by atoms with van der Waals surface area (Å²) in [6.07, 6.45) is 11.8. The monoisotopic (exact) mass is 241 g/mol. The van der Waals surface area contributed by atoms with Crippen molar-refractivity contribution in [1.82, 2.24) is 5.32 Å². The topological polar surface area (TPSA) is 12.0 Å². The highest BCUT2D eigenvalue weighted by molar-refractivity contribution is 7.99. The van der Waals surface area contributed by atoms with Crippen molar-refractivity contribution < 1.29 is 0 Å². The molecule has 0 radical (unpaired) electrons. The molecular weight excluding hydrogens is 214 g/mol. The van der Waals surface area contributed by atoms with E-state index in [4.69, 9.17) is 0 Å². The SMILES string of the molecule is CCNC1CCCC1CCSC1CCCC1. The summed E-state index contributed by atoms with van der Waals surface area (Å²) in [5.41, 5.74) is 0. The summed E-state index contributed by atoms with van der Waals surface area (Å²) >= 11 is 2.26. The van der Waals surface area contributed by atoms with Gasteiger partial charge in [0.1, 0.15) is 0 Å². The van der Waals surface area contributed by atoms with Gasteiger partial charge in [0.2, 0.25) is 0 Å². The van der Waals surface area contributed by atoms with E-state index in [1.807, 2.05) is 0 Å². The second-order valence-corrected chi connectivity index (χ2v) is 6.83. The second kappa shape index (κ2) is 6.90. The molecule has 2 aliphatic rings. The molecular formula is C14H27NS. The first kappa shape index (κ1) is 12.8. The van der Waals surface area contributed by atoms with E-state index >= 15 is 0 Å². The minimum Gasteiger partial charge on any atom is -0.314 e. The third-order valence-electron chi connectivity index (χ3n) is 4.27. The Morgan fingerprint density at radius 3 is 2.62 bits per heavy atom. The van der Waals surface area contributed by atoms with E-state index in [0.717, 1.165) is 23.8 Å². The summed E-state index contributed by atoms with van der Waals surface area (Å²) in [5.74, 6) is 2.39. The summed E-state index contributed by atoms with van der Waals surface area (Å²) in [6.45, 7) is 3.39. The van der Waals surface area contributed by atoms with Gasteiger partial charge < -0.3 is 5.32 Å². The Labute approximate surface area is 105 Å². The van der Waals surface area contributed by atoms with Crippen molar-refractivity contribution >= 4 is 11.8 Å². The smallest absolute Gasteiger partial charge is 0.00955 e. The molecule has 0 heterocycles. The van der Waals surface area contributed by atoms with E-state index in [1.54, 1.807) is 0 Å². The average Bonchev–Trinajstić information content (AvgIpc) is 2.91. The molecule has 0 aromatic rings. The van der Waals surface area contributed by atoms with Crippen LogP contribution in [0.1, 0.15) is 58.3 Å². The van der Waals surface area contributed by atoms with Crippen LogP contribution in [0.5, 0.6) is 0 Å². The summed E-state index contributed by atoms with van der Waals surface area (Å²) in [6, 6.07) is 0.842. The van der Waals surface area contributed by atoms with Crippen molar-refractivity contribution in [3.05, 3.63) is 0 Å². The lowest BCUT2D eigenvalue weighted by atomic mass is 10.0. The van der Waals surface area contributed by atoms with Crippen LogP contribution in [0.4, 0.5) is 0 Å². The maximum Gasteiger partial charge on any atom is 0.00955 e. The van der Waals surface area contributed by atoms with Gasteiger partial charge in [-0.3, -0.25) is 0 Å². The quantitative estimate of drug-likeness (QED) is 0.758. The Balaban J connectivity index is 1.60. The van der Waals surface area contributed by atoms with E-state index in [1.165, 1.54) is 57.1 Å². The molecule has 94 valence electrons. The Hall–Kier alpha value is 0.310. The van der Waals surface area contributed by atoms with Gasteiger partial charge >= 0.3 is 0 Å². The predicted molar refractivity (Wildman–Crippen MR) is 74.1 cm³/mol. The molecule has 0 amide bonds. The summed E-state index contributed by atoms with van der Waals surface area (Å²) in [7, 11) is 0. The standard InChI is InChI=1S/C14H27NS/c1-2-15-14-9-5-6-12(14)10-11-16-13-7-3-4-8-13/h12-15H,2-11H2,1H3. The van der Waals surface area contributed by atoms with E-state index in [0.29, 0.717) is 0 Å². The molecule has 2 aliphatic carbocycles. The molecule has 0 saturated heterocycles. The molecule has 0 aliphatic heterocycles. The Kier molecular flexibility index (Phi) is 5.51. The lowest BCUT2D eigenvalue weighted by Gasteiger charge is -2.20. The minimum atomic E-state index is 0.842. The molecule has 0 aromatic carbocycles. The molecule has 1 N–H and O–H groups in total. The fourth-order valence-electron chi connectivity index (χ4n) is 3.35. The van der Waals surface area contributed by atoms with Gasteiger partial charge in [0.25, 0.3) is 0 Å². The first-order valence-corrected chi connectivity index (χ1v) is 8.30. The van der Waals surface area contributed by atoms with Gasteiger partial charge in [0.15, 0.2) is 0 Å². The van der Waals surface area contributed by atoms with Crippen molar-refractivity contribution in [2.24, 2.45) is 5.92 Å². The van der Waals surface area contributed by atoms with Crippen molar-refractivity contribution in [2.45, 2.75) is 69.6 Å². The van der Waals surface area contributed by atoms with Gasteiger partial charge in [-0.1, -0.05) is 26.2 Å². The summed E-state index contributed by atoms with van der Waals surface area (Å²) in [4.78, 5) is 0. The van der Waals surface area contributed by atoms with Crippen LogP contribution in [-0.2, 0) is 0 Å². The lowest BCUT2D eigenvalue weighted by molar-refractivity contribution is 0.400. The maximum atomic E-state index is 3.66. The zero-order valence-electron chi connectivity index (χ0n) is 10.7. The zero-order valence-corrected chi connectivity index (χ0v) is 11.5. The van der Waals surface area contributed by atoms with Crippen molar-refractivity contribution in [3.63, 3.8) is 0 Å². The van der Waals surface area contributed by atoms with Gasteiger partial charge in [-0.2, -0.15) is 11.8 Å². The fourth-order valence-corrected chi connectivity index (χ4v) is 4.79. The minimum absolute atomic E-state index is 0.842. The predicted octanol–water partition coefficient (Wildman–Crippen LogP) is 3.83. The summed E-state index contributed by atoms with van der Waals surface area (Å²) < 4.78 is 0. The highest BCUT2D eigenvalue weighted by Gasteiger charge is 2.26. The van der Waals surface area contributed by atoms with E-state index in [-0.39, 0.29) is 0 Å². The van der Waals surface area contributed by atoms with Crippen molar-refractivity contribution in [1.29, 1.82) is 0 Å². The zero-order chi connectivity index (χ0) is 11.2. The summed E-state index contributed by atoms with van der Waals surface area (Å²) in [5, 5.41) is 4.68. The molecule has 2 heteroatoms. The van der Waals surface area contributed by atoms with E-state index in [2.05, 4.69) is 24.0 Å². The van der Waals surface area contributed by atoms with Gasteiger partial charge in [-0.15, -0.1) is 0 Å². The lowest BCUT2D eigenvalue weighted by Crippen LogP contribution is -2.32. The van der Waals surface area contributed by atoms with E-state index < -0.39 is 0 Å². The fraction of sp³-hybridized carbons (Fsp3) is 1.00. The first-order chi connectivity index (χ1) is 7.90. The van der Waals surface area contributed by atoms with Gasteiger partial charge in [-0.25, -0.2) is 0 Å². The Bertz CT molecular complexity index is 189. The number of nitrogens with one attached hydrogen (secondary N) is 1. The largest absolute Gasteiger partial charge is 0.314 e. The van der Waals surface area contributed by atoms with E-state index in [9.17, 15) is 0 Å². The maximum absolute atomic E-state index is 3.66. The van der Waals surface area contributed by atoms with Gasteiger partial charge in [0, 0.05) is 11.3 Å². The second-order valence-electron chi connectivity index (χ2n) is 5.42. The van der Waals surface area contributed by atoms with Crippen LogP contribution >= 0.6 is 11.8 Å².